The van der Waals surface area contributed by atoms with Crippen molar-refractivity contribution < 1.29 is 23.9 Å². The fraction of sp³-hybridized carbons (Fsp3) is 0.458. The van der Waals surface area contributed by atoms with Crippen LogP contribution in [0.4, 0.5) is 5.69 Å². The van der Waals surface area contributed by atoms with Gasteiger partial charge in [0, 0.05) is 43.1 Å². The molecule has 0 N–H and O–H groups in total. The number of aromatic nitrogens is 1. The van der Waals surface area contributed by atoms with Crippen molar-refractivity contribution in [3.63, 3.8) is 0 Å². The molecule has 0 bridgehead atoms. The molecule has 1 aromatic heterocycles. The van der Waals surface area contributed by atoms with Gasteiger partial charge < -0.3 is 18.9 Å². The SMILES string of the molecule is Cc1cc(C(=O)COC(=O)c2ccccc2N2CCCC2=O)c(C)n1C[C@H]1CCCO1. The van der Waals surface area contributed by atoms with Gasteiger partial charge in [0.15, 0.2) is 6.61 Å². The molecule has 2 aromatic rings. The van der Waals surface area contributed by atoms with Crippen molar-refractivity contribution in [2.75, 3.05) is 24.7 Å². The van der Waals surface area contributed by atoms with Crippen molar-refractivity contribution >= 4 is 23.3 Å². The number of ketones is 1. The zero-order valence-electron chi connectivity index (χ0n) is 18.1. The predicted molar refractivity (Wildman–Crippen MR) is 116 cm³/mol. The number of hydrogen-bond donors (Lipinski definition) is 0. The van der Waals surface area contributed by atoms with E-state index in [1.807, 2.05) is 19.9 Å². The number of hydrogen-bond acceptors (Lipinski definition) is 5. The Morgan fingerprint density at radius 2 is 1.97 bits per heavy atom. The van der Waals surface area contributed by atoms with Gasteiger partial charge in [-0.3, -0.25) is 9.59 Å². The second-order valence-corrected chi connectivity index (χ2v) is 8.20. The number of ether oxygens (including phenoxy) is 2. The summed E-state index contributed by atoms with van der Waals surface area (Å²) in [5.74, 6) is -0.846. The van der Waals surface area contributed by atoms with Crippen LogP contribution in [-0.2, 0) is 20.8 Å². The normalized spacial score (nSPS) is 18.6. The monoisotopic (exact) mass is 424 g/mol. The smallest absolute Gasteiger partial charge is 0.340 e. The van der Waals surface area contributed by atoms with Crippen LogP contribution < -0.4 is 4.90 Å². The summed E-state index contributed by atoms with van der Waals surface area (Å²) in [6, 6.07) is 8.71. The van der Waals surface area contributed by atoms with Crippen molar-refractivity contribution in [1.82, 2.24) is 4.57 Å². The number of para-hydroxylation sites is 1. The number of carbonyl (C=O) groups is 3. The van der Waals surface area contributed by atoms with Crippen molar-refractivity contribution in [2.45, 2.75) is 52.2 Å². The van der Waals surface area contributed by atoms with Crippen molar-refractivity contribution in [3.05, 3.63) is 52.8 Å². The molecule has 164 valence electrons. The number of rotatable bonds is 7. The first kappa shape index (κ1) is 21.3. The highest BCUT2D eigenvalue weighted by Crippen LogP contribution is 2.26. The Bertz CT molecular complexity index is 1000. The largest absolute Gasteiger partial charge is 0.454 e. The molecule has 0 saturated carbocycles. The highest BCUT2D eigenvalue weighted by Gasteiger charge is 2.27. The van der Waals surface area contributed by atoms with Gasteiger partial charge >= 0.3 is 5.97 Å². The number of benzene rings is 1. The zero-order chi connectivity index (χ0) is 22.0. The van der Waals surface area contributed by atoms with E-state index in [2.05, 4.69) is 4.57 Å². The zero-order valence-corrected chi connectivity index (χ0v) is 18.1. The summed E-state index contributed by atoms with van der Waals surface area (Å²) >= 11 is 0. The van der Waals surface area contributed by atoms with Crippen LogP contribution in [0.2, 0.25) is 0 Å². The Labute approximate surface area is 181 Å². The molecular weight excluding hydrogens is 396 g/mol. The summed E-state index contributed by atoms with van der Waals surface area (Å²) in [7, 11) is 0. The van der Waals surface area contributed by atoms with Gasteiger partial charge in [-0.1, -0.05) is 12.1 Å². The number of anilines is 1. The molecule has 0 radical (unpaired) electrons. The van der Waals surface area contributed by atoms with Crippen LogP contribution in [0.15, 0.2) is 30.3 Å². The summed E-state index contributed by atoms with van der Waals surface area (Å²) < 4.78 is 13.2. The summed E-state index contributed by atoms with van der Waals surface area (Å²) in [4.78, 5) is 39.2. The van der Waals surface area contributed by atoms with Crippen LogP contribution in [0.1, 0.15) is 57.8 Å². The lowest BCUT2D eigenvalue weighted by Gasteiger charge is -2.18. The molecule has 7 heteroatoms. The summed E-state index contributed by atoms with van der Waals surface area (Å²) in [6.07, 6.45) is 3.51. The number of aryl methyl sites for hydroxylation is 1. The van der Waals surface area contributed by atoms with Crippen LogP contribution in [0, 0.1) is 13.8 Å². The van der Waals surface area contributed by atoms with Gasteiger partial charge in [0.1, 0.15) is 0 Å². The first-order valence-electron chi connectivity index (χ1n) is 10.8. The quantitative estimate of drug-likeness (QED) is 0.503. The molecular formula is C24H28N2O5. The minimum Gasteiger partial charge on any atom is -0.454 e. The lowest BCUT2D eigenvalue weighted by atomic mass is 10.1. The third kappa shape index (κ3) is 4.42. The molecule has 31 heavy (non-hydrogen) atoms. The Morgan fingerprint density at radius 3 is 2.68 bits per heavy atom. The van der Waals surface area contributed by atoms with E-state index in [1.54, 1.807) is 29.2 Å². The second-order valence-electron chi connectivity index (χ2n) is 8.20. The van der Waals surface area contributed by atoms with Gasteiger partial charge in [-0.25, -0.2) is 4.79 Å². The van der Waals surface area contributed by atoms with Crippen molar-refractivity contribution in [1.29, 1.82) is 0 Å². The average Bonchev–Trinajstić information content (AvgIpc) is 3.50. The van der Waals surface area contributed by atoms with Gasteiger partial charge in [0.2, 0.25) is 11.7 Å². The Hall–Kier alpha value is -2.93. The van der Waals surface area contributed by atoms with E-state index in [-0.39, 0.29) is 24.4 Å². The van der Waals surface area contributed by atoms with E-state index in [9.17, 15) is 14.4 Å². The Balaban J connectivity index is 1.44. The summed E-state index contributed by atoms with van der Waals surface area (Å²) in [5.41, 5.74) is 3.25. The Morgan fingerprint density at radius 1 is 1.16 bits per heavy atom. The lowest BCUT2D eigenvalue weighted by molar-refractivity contribution is -0.117. The number of Topliss-reactive ketones (excluding diaryl/α,β-unsaturated/α-hetero) is 1. The molecule has 0 aliphatic carbocycles. The number of amides is 1. The first-order valence-corrected chi connectivity index (χ1v) is 10.8. The maximum Gasteiger partial charge on any atom is 0.340 e. The third-order valence-corrected chi connectivity index (χ3v) is 6.11. The molecule has 0 spiro atoms. The molecule has 1 atom stereocenters. The minimum absolute atomic E-state index is 0.00462. The van der Waals surface area contributed by atoms with E-state index in [4.69, 9.17) is 9.47 Å². The number of carbonyl (C=O) groups excluding carboxylic acids is 3. The van der Waals surface area contributed by atoms with Gasteiger partial charge in [-0.2, -0.15) is 0 Å². The van der Waals surface area contributed by atoms with Gasteiger partial charge in [0.05, 0.1) is 17.4 Å². The summed E-state index contributed by atoms with van der Waals surface area (Å²) in [5, 5.41) is 0. The van der Waals surface area contributed by atoms with Crippen LogP contribution in [0.5, 0.6) is 0 Å². The van der Waals surface area contributed by atoms with E-state index in [0.717, 1.165) is 43.8 Å². The highest BCUT2D eigenvalue weighted by atomic mass is 16.5. The topological polar surface area (TPSA) is 77.8 Å². The minimum atomic E-state index is -0.600. The average molecular weight is 424 g/mol. The van der Waals surface area contributed by atoms with Crippen LogP contribution >= 0.6 is 0 Å². The van der Waals surface area contributed by atoms with E-state index in [1.165, 1.54) is 0 Å². The van der Waals surface area contributed by atoms with Crippen molar-refractivity contribution in [3.8, 4) is 0 Å². The van der Waals surface area contributed by atoms with Crippen molar-refractivity contribution in [2.24, 2.45) is 0 Å². The van der Waals surface area contributed by atoms with Gasteiger partial charge in [0.25, 0.3) is 0 Å². The first-order chi connectivity index (χ1) is 15.0. The van der Waals surface area contributed by atoms with Gasteiger partial charge in [-0.05, 0) is 51.3 Å². The maximum atomic E-state index is 12.8. The fourth-order valence-electron chi connectivity index (χ4n) is 4.43. The Kier molecular flexibility index (Phi) is 6.23. The van der Waals surface area contributed by atoms with Crippen LogP contribution in [-0.4, -0.2) is 48.1 Å². The van der Waals surface area contributed by atoms with Crippen LogP contribution in [0.3, 0.4) is 0 Å². The molecule has 3 heterocycles. The van der Waals surface area contributed by atoms with E-state index < -0.39 is 5.97 Å². The summed E-state index contributed by atoms with van der Waals surface area (Å²) in [6.45, 7) is 5.63. The molecule has 0 unspecified atom stereocenters. The maximum absolute atomic E-state index is 12.8. The fourth-order valence-corrected chi connectivity index (χ4v) is 4.43. The standard InChI is InChI=1S/C24H28N2O5/c1-16-13-20(17(2)26(16)14-18-7-6-12-30-18)22(27)15-31-24(29)19-8-3-4-9-21(19)25-11-5-10-23(25)28/h3-4,8-9,13,18H,5-7,10-12,14-15H2,1-2H3/t18-/m1/s1. The van der Waals surface area contributed by atoms with Gasteiger partial charge in [-0.15, -0.1) is 0 Å². The molecule has 7 nitrogen and oxygen atoms in total. The van der Waals surface area contributed by atoms with E-state index >= 15 is 0 Å². The molecule has 2 aliphatic rings. The predicted octanol–water partition coefficient (Wildman–Crippen LogP) is 3.45. The second kappa shape index (κ2) is 9.06. The third-order valence-electron chi connectivity index (χ3n) is 6.11. The number of nitrogens with zero attached hydrogens (tertiary/aromatic N) is 2. The molecule has 4 rings (SSSR count). The highest BCUT2D eigenvalue weighted by molar-refractivity contribution is 6.05. The molecule has 2 fully saturated rings. The number of esters is 1. The molecule has 1 amide bonds. The molecule has 2 saturated heterocycles. The lowest BCUT2D eigenvalue weighted by Crippen LogP contribution is -2.26. The van der Waals surface area contributed by atoms with Crippen LogP contribution in [0.25, 0.3) is 0 Å². The van der Waals surface area contributed by atoms with E-state index in [0.29, 0.717) is 29.8 Å². The molecule has 1 aromatic carbocycles. The molecule has 2 aliphatic heterocycles.